The van der Waals surface area contributed by atoms with Crippen LogP contribution in [-0.2, 0) is 9.68 Å². The summed E-state index contributed by atoms with van der Waals surface area (Å²) in [7, 11) is 0. The number of hydrogen-bond donors (Lipinski definition) is 1. The second-order valence-electron chi connectivity index (χ2n) is 5.80. The molecule has 1 N–H and O–H groups in total. The summed E-state index contributed by atoms with van der Waals surface area (Å²) in [5.74, 6) is -0.535. The van der Waals surface area contributed by atoms with Gasteiger partial charge in [0.25, 0.3) is 0 Å². The van der Waals surface area contributed by atoms with Gasteiger partial charge in [-0.3, -0.25) is 0 Å². The van der Waals surface area contributed by atoms with Crippen molar-refractivity contribution in [3.05, 3.63) is 36.5 Å². The van der Waals surface area contributed by atoms with Crippen molar-refractivity contribution in [3.8, 4) is 0 Å². The normalized spacial score (nSPS) is 11.9. The minimum absolute atomic E-state index is 0.310. The molecule has 3 nitrogen and oxygen atoms in total. The average Bonchev–Trinajstić information content (AvgIpc) is 2.57. The third-order valence-corrected chi connectivity index (χ3v) is 3.62. The Balaban J connectivity index is 3.30. The van der Waals surface area contributed by atoms with E-state index in [2.05, 4.69) is 48.3 Å². The topological polar surface area (TPSA) is 46.5 Å². The predicted molar refractivity (Wildman–Crippen MR) is 97.2 cm³/mol. The highest BCUT2D eigenvalue weighted by Gasteiger charge is 2.00. The summed E-state index contributed by atoms with van der Waals surface area (Å²) in [5, 5.41) is 8.10. The molecule has 0 saturated heterocycles. The molecule has 23 heavy (non-hydrogen) atoms. The highest BCUT2D eigenvalue weighted by Crippen LogP contribution is 2.07. The maximum atomic E-state index is 10.7. The molecule has 0 aromatic heterocycles. The molecule has 0 bridgehead atoms. The van der Waals surface area contributed by atoms with Crippen molar-refractivity contribution < 1.29 is 14.9 Å². The fourth-order valence-corrected chi connectivity index (χ4v) is 2.22. The molecule has 0 saturated carbocycles. The van der Waals surface area contributed by atoms with Gasteiger partial charge >= 0.3 is 5.97 Å². The standard InChI is InChI=1S/C20H34O3/c1-2-3-4-5-6-7-8-9-10-11-12-13-14-15-16-17-18-19-20(21)23-22/h6-7,9-10,12-13,22H,2-5,8,11,14-19H2,1H3/b7-6-,10-9-,13-12-. The molecule has 3 heteroatoms. The number of carbonyl (C=O) groups is 1. The van der Waals surface area contributed by atoms with Crippen molar-refractivity contribution in [1.29, 1.82) is 0 Å². The van der Waals surface area contributed by atoms with E-state index in [4.69, 9.17) is 5.26 Å². The molecule has 0 unspecified atom stereocenters. The van der Waals surface area contributed by atoms with Crippen LogP contribution in [0.4, 0.5) is 0 Å². The zero-order valence-electron chi connectivity index (χ0n) is 14.7. The second-order valence-corrected chi connectivity index (χ2v) is 5.80. The number of carbonyl (C=O) groups excluding carboxylic acids is 1. The Bertz CT molecular complexity index is 343. The molecule has 0 spiro atoms. The zero-order chi connectivity index (χ0) is 17.0. The SMILES string of the molecule is CCCCC/C=C\C/C=C\C/C=C\CCCCCCC(=O)OO. The molecule has 0 aromatic rings. The van der Waals surface area contributed by atoms with Crippen LogP contribution in [-0.4, -0.2) is 11.2 Å². The van der Waals surface area contributed by atoms with Crippen molar-refractivity contribution in [1.82, 2.24) is 0 Å². The maximum absolute atomic E-state index is 10.7. The molecule has 0 aliphatic rings. The Hall–Kier alpha value is -1.35. The van der Waals surface area contributed by atoms with Crippen LogP contribution in [0.3, 0.4) is 0 Å². The fraction of sp³-hybridized carbons (Fsp3) is 0.650. The van der Waals surface area contributed by atoms with Crippen LogP contribution in [0, 0.1) is 0 Å². The molecular weight excluding hydrogens is 288 g/mol. The average molecular weight is 322 g/mol. The predicted octanol–water partition coefficient (Wildman–Crippen LogP) is 6.37. The lowest BCUT2D eigenvalue weighted by Gasteiger charge is -1.97. The zero-order valence-corrected chi connectivity index (χ0v) is 14.7. The molecule has 0 atom stereocenters. The second kappa shape index (κ2) is 18.7. The van der Waals surface area contributed by atoms with E-state index >= 15 is 0 Å². The largest absolute Gasteiger partial charge is 0.342 e. The van der Waals surface area contributed by atoms with Crippen LogP contribution in [0.15, 0.2) is 36.5 Å². The van der Waals surface area contributed by atoms with Gasteiger partial charge in [0.1, 0.15) is 0 Å². The minimum atomic E-state index is -0.535. The maximum Gasteiger partial charge on any atom is 0.342 e. The van der Waals surface area contributed by atoms with Crippen LogP contribution in [0.1, 0.15) is 84.0 Å². The van der Waals surface area contributed by atoms with E-state index < -0.39 is 5.97 Å². The quantitative estimate of drug-likeness (QED) is 0.165. The molecule has 0 radical (unpaired) electrons. The molecule has 0 fully saturated rings. The number of hydrogen-bond acceptors (Lipinski definition) is 3. The van der Waals surface area contributed by atoms with Gasteiger partial charge in [0.2, 0.25) is 0 Å². The van der Waals surface area contributed by atoms with E-state index in [1.54, 1.807) is 0 Å². The minimum Gasteiger partial charge on any atom is -0.301 e. The summed E-state index contributed by atoms with van der Waals surface area (Å²) >= 11 is 0. The van der Waals surface area contributed by atoms with E-state index in [1.165, 1.54) is 25.7 Å². The first-order valence-corrected chi connectivity index (χ1v) is 9.10. The molecule has 0 aliphatic heterocycles. The van der Waals surface area contributed by atoms with Gasteiger partial charge in [-0.25, -0.2) is 4.79 Å². The Morgan fingerprint density at radius 1 is 0.783 bits per heavy atom. The van der Waals surface area contributed by atoms with Crippen LogP contribution in [0.5, 0.6) is 0 Å². The van der Waals surface area contributed by atoms with Gasteiger partial charge in [-0.15, -0.1) is 0 Å². The third kappa shape index (κ3) is 18.6. The first-order chi connectivity index (χ1) is 11.3. The van der Waals surface area contributed by atoms with Crippen LogP contribution >= 0.6 is 0 Å². The van der Waals surface area contributed by atoms with Gasteiger partial charge in [-0.05, 0) is 44.9 Å². The van der Waals surface area contributed by atoms with E-state index in [0.29, 0.717) is 6.42 Å². The van der Waals surface area contributed by atoms with Gasteiger partial charge in [-0.1, -0.05) is 69.1 Å². The molecule has 0 rings (SSSR count). The summed E-state index contributed by atoms with van der Waals surface area (Å²) in [6, 6.07) is 0. The summed E-state index contributed by atoms with van der Waals surface area (Å²) in [6.07, 6.45) is 26.1. The van der Waals surface area contributed by atoms with Gasteiger partial charge < -0.3 is 4.89 Å². The molecule has 0 amide bonds. The van der Waals surface area contributed by atoms with E-state index in [1.807, 2.05) is 0 Å². The third-order valence-electron chi connectivity index (χ3n) is 3.62. The van der Waals surface area contributed by atoms with E-state index in [-0.39, 0.29) is 0 Å². The lowest BCUT2D eigenvalue weighted by atomic mass is 10.1. The van der Waals surface area contributed by atoms with Gasteiger partial charge in [0.05, 0.1) is 0 Å². The molecular formula is C20H34O3. The summed E-state index contributed by atoms with van der Waals surface area (Å²) in [4.78, 5) is 14.3. The number of unbranched alkanes of at least 4 members (excludes halogenated alkanes) is 7. The smallest absolute Gasteiger partial charge is 0.301 e. The molecule has 0 heterocycles. The van der Waals surface area contributed by atoms with Crippen molar-refractivity contribution >= 4 is 5.97 Å². The Kier molecular flexibility index (Phi) is 17.6. The van der Waals surface area contributed by atoms with Gasteiger partial charge in [-0.2, -0.15) is 5.26 Å². The van der Waals surface area contributed by atoms with Gasteiger partial charge in [0.15, 0.2) is 0 Å². The number of allylic oxidation sites excluding steroid dienone is 6. The molecule has 132 valence electrons. The van der Waals surface area contributed by atoms with Crippen molar-refractivity contribution in [2.45, 2.75) is 84.0 Å². The van der Waals surface area contributed by atoms with Crippen molar-refractivity contribution in [2.24, 2.45) is 0 Å². The van der Waals surface area contributed by atoms with Crippen molar-refractivity contribution in [2.75, 3.05) is 0 Å². The Morgan fingerprint density at radius 2 is 1.30 bits per heavy atom. The highest BCUT2D eigenvalue weighted by atomic mass is 17.1. The monoisotopic (exact) mass is 322 g/mol. The first kappa shape index (κ1) is 21.6. The Morgan fingerprint density at radius 3 is 1.87 bits per heavy atom. The first-order valence-electron chi connectivity index (χ1n) is 9.10. The lowest BCUT2D eigenvalue weighted by Crippen LogP contribution is -1.99. The Labute approximate surface area is 142 Å². The molecule has 0 aromatic carbocycles. The van der Waals surface area contributed by atoms with Crippen LogP contribution in [0.25, 0.3) is 0 Å². The summed E-state index contributed by atoms with van der Waals surface area (Å²) in [6.45, 7) is 2.23. The lowest BCUT2D eigenvalue weighted by molar-refractivity contribution is -0.234. The summed E-state index contributed by atoms with van der Waals surface area (Å²) in [5.41, 5.74) is 0. The summed E-state index contributed by atoms with van der Waals surface area (Å²) < 4.78 is 0. The van der Waals surface area contributed by atoms with E-state index in [0.717, 1.165) is 44.9 Å². The number of rotatable bonds is 15. The van der Waals surface area contributed by atoms with Crippen LogP contribution < -0.4 is 0 Å². The fourth-order valence-electron chi connectivity index (χ4n) is 2.22. The molecule has 0 aliphatic carbocycles. The van der Waals surface area contributed by atoms with Crippen molar-refractivity contribution in [3.63, 3.8) is 0 Å². The van der Waals surface area contributed by atoms with Gasteiger partial charge in [0, 0.05) is 6.42 Å². The van der Waals surface area contributed by atoms with E-state index in [9.17, 15) is 4.79 Å². The van der Waals surface area contributed by atoms with Crippen LogP contribution in [0.2, 0.25) is 0 Å². The highest BCUT2D eigenvalue weighted by molar-refractivity contribution is 5.68.